The number of fused-ring (bicyclic) bond motifs is 1. The highest BCUT2D eigenvalue weighted by molar-refractivity contribution is 5.91. The number of likely N-dealkylation sites (N-methyl/N-ethyl adjacent to an activating group) is 1. The standard InChI is InChI=1S/C24H27N3O4/c1-4-14-31-20-12-10-17(15-21(20)30-3)11-13-23(28)27(5-2)16-22-25-19-9-7-6-8-18(19)24(29)26-22/h6-13,15H,4-5,14,16H2,1-3H3,(H,25,26,29). The quantitative estimate of drug-likeness (QED) is 0.532. The van der Waals surface area contributed by atoms with E-state index in [9.17, 15) is 9.59 Å². The average Bonchev–Trinajstić information content (AvgIpc) is 2.79. The molecule has 0 saturated heterocycles. The van der Waals surface area contributed by atoms with E-state index in [2.05, 4.69) is 9.97 Å². The molecule has 1 heterocycles. The molecule has 0 aliphatic rings. The van der Waals surface area contributed by atoms with Gasteiger partial charge in [-0.2, -0.15) is 0 Å². The average molecular weight is 421 g/mol. The van der Waals surface area contributed by atoms with Gasteiger partial charge in [0.05, 0.1) is 31.2 Å². The van der Waals surface area contributed by atoms with Crippen molar-refractivity contribution in [3.05, 3.63) is 70.3 Å². The maximum Gasteiger partial charge on any atom is 0.258 e. The summed E-state index contributed by atoms with van der Waals surface area (Å²) in [5.74, 6) is 1.57. The minimum absolute atomic E-state index is 0.177. The number of hydrogen-bond donors (Lipinski definition) is 1. The fourth-order valence-corrected chi connectivity index (χ4v) is 3.13. The molecule has 7 heteroatoms. The maximum atomic E-state index is 12.7. The van der Waals surface area contributed by atoms with Crippen LogP contribution in [0.4, 0.5) is 0 Å². The van der Waals surface area contributed by atoms with Crippen molar-refractivity contribution in [2.45, 2.75) is 26.8 Å². The summed E-state index contributed by atoms with van der Waals surface area (Å²) in [7, 11) is 1.59. The molecule has 0 atom stereocenters. The second-order valence-electron chi connectivity index (χ2n) is 6.97. The molecule has 162 valence electrons. The Bertz CT molecular complexity index is 1140. The van der Waals surface area contributed by atoms with Crippen molar-refractivity contribution >= 4 is 22.9 Å². The second-order valence-corrected chi connectivity index (χ2v) is 6.97. The van der Waals surface area contributed by atoms with E-state index >= 15 is 0 Å². The summed E-state index contributed by atoms with van der Waals surface area (Å²) in [5, 5.41) is 0.529. The SMILES string of the molecule is CCCOc1ccc(C=CC(=O)N(CC)Cc2nc3ccccc3c(=O)[nH]2)cc1OC. The number of carbonyl (C=O) groups is 1. The van der Waals surface area contributed by atoms with E-state index in [-0.39, 0.29) is 18.0 Å². The van der Waals surface area contributed by atoms with Crippen LogP contribution in [0, 0.1) is 0 Å². The van der Waals surface area contributed by atoms with Gasteiger partial charge >= 0.3 is 0 Å². The van der Waals surface area contributed by atoms with Gasteiger partial charge in [-0.05, 0) is 49.2 Å². The molecule has 3 rings (SSSR count). The van der Waals surface area contributed by atoms with Crippen LogP contribution < -0.4 is 15.0 Å². The van der Waals surface area contributed by atoms with E-state index < -0.39 is 0 Å². The zero-order chi connectivity index (χ0) is 22.2. The highest BCUT2D eigenvalue weighted by Gasteiger charge is 2.12. The smallest absolute Gasteiger partial charge is 0.258 e. The molecule has 3 aromatic rings. The molecule has 0 unspecified atom stereocenters. The third-order valence-corrected chi connectivity index (χ3v) is 4.76. The first kappa shape index (κ1) is 22.1. The van der Waals surface area contributed by atoms with Crippen molar-refractivity contribution in [1.29, 1.82) is 0 Å². The van der Waals surface area contributed by atoms with Crippen LogP contribution in [0.2, 0.25) is 0 Å². The Morgan fingerprint density at radius 2 is 1.97 bits per heavy atom. The van der Waals surface area contributed by atoms with Crippen LogP contribution in [0.3, 0.4) is 0 Å². The lowest BCUT2D eigenvalue weighted by Gasteiger charge is -2.18. The van der Waals surface area contributed by atoms with Crippen LogP contribution in [0.1, 0.15) is 31.7 Å². The normalized spacial score (nSPS) is 11.1. The van der Waals surface area contributed by atoms with E-state index in [4.69, 9.17) is 9.47 Å². The van der Waals surface area contributed by atoms with Crippen molar-refractivity contribution in [3.8, 4) is 11.5 Å². The Morgan fingerprint density at radius 3 is 2.71 bits per heavy atom. The van der Waals surface area contributed by atoms with E-state index in [0.717, 1.165) is 12.0 Å². The molecule has 0 fully saturated rings. The summed E-state index contributed by atoms with van der Waals surface area (Å²) in [5.41, 5.74) is 1.22. The Labute approximate surface area is 181 Å². The third-order valence-electron chi connectivity index (χ3n) is 4.76. The molecule has 0 spiro atoms. The highest BCUT2D eigenvalue weighted by atomic mass is 16.5. The molecule has 0 aliphatic heterocycles. The van der Waals surface area contributed by atoms with Gasteiger partial charge < -0.3 is 19.4 Å². The number of aromatic amines is 1. The molecule has 1 N–H and O–H groups in total. The van der Waals surface area contributed by atoms with Crippen LogP contribution in [-0.2, 0) is 11.3 Å². The lowest BCUT2D eigenvalue weighted by Crippen LogP contribution is -2.30. The number of methoxy groups -OCH3 is 1. The summed E-state index contributed by atoms with van der Waals surface area (Å²) in [6, 6.07) is 12.7. The molecule has 0 radical (unpaired) electrons. The van der Waals surface area contributed by atoms with Crippen LogP contribution in [0.5, 0.6) is 11.5 Å². The fourth-order valence-electron chi connectivity index (χ4n) is 3.13. The predicted octanol–water partition coefficient (Wildman–Crippen LogP) is 3.78. The predicted molar refractivity (Wildman–Crippen MR) is 121 cm³/mol. The molecule has 0 aliphatic carbocycles. The zero-order valence-electron chi connectivity index (χ0n) is 18.1. The van der Waals surface area contributed by atoms with E-state index in [1.807, 2.05) is 38.1 Å². The van der Waals surface area contributed by atoms with Gasteiger partial charge in [0, 0.05) is 12.6 Å². The van der Waals surface area contributed by atoms with Crippen molar-refractivity contribution in [1.82, 2.24) is 14.9 Å². The van der Waals surface area contributed by atoms with Gasteiger partial charge in [-0.15, -0.1) is 0 Å². The first-order valence-corrected chi connectivity index (χ1v) is 10.3. The van der Waals surface area contributed by atoms with Gasteiger partial charge in [-0.25, -0.2) is 4.98 Å². The van der Waals surface area contributed by atoms with Gasteiger partial charge in [0.1, 0.15) is 5.82 Å². The number of ether oxygens (including phenoxy) is 2. The molecular weight excluding hydrogens is 394 g/mol. The molecule has 1 aromatic heterocycles. The number of para-hydroxylation sites is 1. The second kappa shape index (κ2) is 10.4. The van der Waals surface area contributed by atoms with Gasteiger partial charge in [0.15, 0.2) is 11.5 Å². The number of nitrogens with zero attached hydrogens (tertiary/aromatic N) is 2. The van der Waals surface area contributed by atoms with Gasteiger partial charge in [-0.3, -0.25) is 9.59 Å². The third kappa shape index (κ3) is 5.51. The number of rotatable bonds is 9. The van der Waals surface area contributed by atoms with Crippen LogP contribution in [-0.4, -0.2) is 41.0 Å². The number of carbonyl (C=O) groups excluding carboxylic acids is 1. The molecule has 0 saturated carbocycles. The summed E-state index contributed by atoms with van der Waals surface area (Å²) in [6.45, 7) is 5.23. The lowest BCUT2D eigenvalue weighted by molar-refractivity contribution is -0.126. The van der Waals surface area contributed by atoms with Crippen LogP contribution >= 0.6 is 0 Å². The number of amides is 1. The zero-order valence-corrected chi connectivity index (χ0v) is 18.1. The summed E-state index contributed by atoms with van der Waals surface area (Å²) < 4.78 is 11.0. The summed E-state index contributed by atoms with van der Waals surface area (Å²) in [4.78, 5) is 33.8. The van der Waals surface area contributed by atoms with Crippen molar-refractivity contribution in [3.63, 3.8) is 0 Å². The summed E-state index contributed by atoms with van der Waals surface area (Å²) in [6.07, 6.45) is 4.14. The van der Waals surface area contributed by atoms with Gasteiger partial charge in [0.25, 0.3) is 5.56 Å². The topological polar surface area (TPSA) is 84.5 Å². The van der Waals surface area contributed by atoms with E-state index in [1.165, 1.54) is 6.08 Å². The van der Waals surface area contributed by atoms with Gasteiger partial charge in [-0.1, -0.05) is 25.1 Å². The molecule has 1 amide bonds. The minimum atomic E-state index is -0.211. The van der Waals surface area contributed by atoms with Crippen molar-refractivity contribution < 1.29 is 14.3 Å². The van der Waals surface area contributed by atoms with Crippen LogP contribution in [0.15, 0.2) is 53.3 Å². The van der Waals surface area contributed by atoms with Gasteiger partial charge in [0.2, 0.25) is 5.91 Å². The molecular formula is C24H27N3O4. The van der Waals surface area contributed by atoms with Crippen LogP contribution in [0.25, 0.3) is 17.0 Å². The Balaban J connectivity index is 1.74. The number of aromatic nitrogens is 2. The van der Waals surface area contributed by atoms with Crippen molar-refractivity contribution in [2.24, 2.45) is 0 Å². The maximum absolute atomic E-state index is 12.7. The van der Waals surface area contributed by atoms with E-state index in [0.29, 0.717) is 41.4 Å². The highest BCUT2D eigenvalue weighted by Crippen LogP contribution is 2.28. The fraction of sp³-hybridized carbons (Fsp3) is 0.292. The Hall–Kier alpha value is -3.61. The molecule has 2 aromatic carbocycles. The minimum Gasteiger partial charge on any atom is -0.493 e. The number of benzene rings is 2. The molecule has 31 heavy (non-hydrogen) atoms. The monoisotopic (exact) mass is 421 g/mol. The summed E-state index contributed by atoms with van der Waals surface area (Å²) >= 11 is 0. The first-order valence-electron chi connectivity index (χ1n) is 10.3. The largest absolute Gasteiger partial charge is 0.493 e. The Morgan fingerprint density at radius 1 is 1.16 bits per heavy atom. The Kier molecular flexibility index (Phi) is 7.43. The number of H-pyrrole nitrogens is 1. The first-order chi connectivity index (χ1) is 15.0. The number of hydrogen-bond acceptors (Lipinski definition) is 5. The van der Waals surface area contributed by atoms with Crippen molar-refractivity contribution in [2.75, 3.05) is 20.3 Å². The lowest BCUT2D eigenvalue weighted by atomic mass is 10.2. The molecule has 0 bridgehead atoms. The molecule has 7 nitrogen and oxygen atoms in total. The number of nitrogens with one attached hydrogen (secondary N) is 1. The van der Waals surface area contributed by atoms with E-state index in [1.54, 1.807) is 36.3 Å².